The maximum absolute atomic E-state index is 11.9. The minimum absolute atomic E-state index is 0.0540. The Morgan fingerprint density at radius 1 is 1.50 bits per heavy atom. The normalized spacial score (nSPS) is 12.4. The molecule has 0 spiro atoms. The quantitative estimate of drug-likeness (QED) is 0.761. The molecule has 0 aromatic carbocycles. The maximum Gasteiger partial charge on any atom is 0.340 e. The first-order chi connectivity index (χ1) is 9.38. The highest BCUT2D eigenvalue weighted by atomic mass is 35.5. The van der Waals surface area contributed by atoms with Crippen molar-refractivity contribution in [2.24, 2.45) is 0 Å². The van der Waals surface area contributed by atoms with E-state index in [4.69, 9.17) is 11.6 Å². The van der Waals surface area contributed by atoms with E-state index in [2.05, 4.69) is 25.6 Å². The number of hydrogen-bond donors (Lipinski definition) is 3. The number of rotatable bonds is 4. The minimum atomic E-state index is -0.411. The second-order valence-corrected chi connectivity index (χ2v) is 4.87. The second-order valence-electron chi connectivity index (χ2n) is 4.49. The Morgan fingerprint density at radius 2 is 2.20 bits per heavy atom. The first kappa shape index (κ1) is 14.3. The van der Waals surface area contributed by atoms with Crippen LogP contribution in [0.15, 0.2) is 4.79 Å². The van der Waals surface area contributed by atoms with Crippen molar-refractivity contribution in [1.82, 2.24) is 30.3 Å². The van der Waals surface area contributed by atoms with Gasteiger partial charge in [-0.3, -0.25) is 14.5 Å². The van der Waals surface area contributed by atoms with Crippen LogP contribution in [-0.4, -0.2) is 30.9 Å². The van der Waals surface area contributed by atoms with Crippen molar-refractivity contribution < 1.29 is 4.79 Å². The van der Waals surface area contributed by atoms with Gasteiger partial charge in [-0.05, 0) is 20.8 Å². The number of H-pyrrole nitrogens is 2. The molecule has 1 unspecified atom stereocenters. The Labute approximate surface area is 119 Å². The Morgan fingerprint density at radius 3 is 2.70 bits per heavy atom. The molecule has 20 heavy (non-hydrogen) atoms. The lowest BCUT2D eigenvalue weighted by molar-refractivity contribution is -0.122. The third kappa shape index (κ3) is 2.90. The van der Waals surface area contributed by atoms with Gasteiger partial charge in [-0.15, -0.1) is 0 Å². The van der Waals surface area contributed by atoms with Crippen LogP contribution in [0.25, 0.3) is 0 Å². The average molecular weight is 299 g/mol. The van der Waals surface area contributed by atoms with Crippen molar-refractivity contribution in [2.45, 2.75) is 33.4 Å². The lowest BCUT2D eigenvalue weighted by Crippen LogP contribution is -2.31. The van der Waals surface area contributed by atoms with Crippen LogP contribution in [0.3, 0.4) is 0 Å². The van der Waals surface area contributed by atoms with E-state index in [0.717, 1.165) is 5.69 Å². The number of aromatic nitrogens is 5. The molecule has 0 aliphatic rings. The van der Waals surface area contributed by atoms with E-state index >= 15 is 0 Å². The SMILES string of the molecule is Cc1nn(CC(=O)NC(C)c2n[nH]c(=O)[nH]2)c(C)c1Cl. The van der Waals surface area contributed by atoms with Crippen molar-refractivity contribution in [1.29, 1.82) is 0 Å². The molecule has 8 nitrogen and oxygen atoms in total. The van der Waals surface area contributed by atoms with E-state index in [9.17, 15) is 9.59 Å². The van der Waals surface area contributed by atoms with Crippen molar-refractivity contribution in [2.75, 3.05) is 0 Å². The standard InChI is InChI=1S/C11H15ClN6O2/c1-5-9(12)7(3)18(17-5)4-8(19)13-6(2)10-14-11(20)16-15-10/h6H,4H2,1-3H3,(H,13,19)(H2,14,15,16,20). The molecule has 0 aliphatic heterocycles. The van der Waals surface area contributed by atoms with Crippen molar-refractivity contribution in [3.8, 4) is 0 Å². The Bertz CT molecular complexity index is 685. The van der Waals surface area contributed by atoms with E-state index in [0.29, 0.717) is 16.5 Å². The van der Waals surface area contributed by atoms with Crippen molar-refractivity contribution in [3.63, 3.8) is 0 Å². The smallest absolute Gasteiger partial charge is 0.340 e. The number of carbonyl (C=O) groups excluding carboxylic acids is 1. The zero-order valence-electron chi connectivity index (χ0n) is 11.3. The highest BCUT2D eigenvalue weighted by molar-refractivity contribution is 6.31. The molecule has 9 heteroatoms. The van der Waals surface area contributed by atoms with E-state index in [1.807, 2.05) is 0 Å². The van der Waals surface area contributed by atoms with Crippen LogP contribution in [0, 0.1) is 13.8 Å². The topological polar surface area (TPSA) is 108 Å². The van der Waals surface area contributed by atoms with Crippen LogP contribution in [0.1, 0.15) is 30.2 Å². The maximum atomic E-state index is 11.9. The molecular weight excluding hydrogens is 284 g/mol. The molecule has 3 N–H and O–H groups in total. The third-order valence-electron chi connectivity index (χ3n) is 2.89. The molecule has 0 fully saturated rings. The van der Waals surface area contributed by atoms with Crippen molar-refractivity contribution in [3.05, 3.63) is 32.7 Å². The molecule has 2 heterocycles. The molecule has 1 amide bonds. The predicted molar refractivity (Wildman–Crippen MR) is 72.5 cm³/mol. The summed E-state index contributed by atoms with van der Waals surface area (Å²) in [7, 11) is 0. The molecule has 1 atom stereocenters. The zero-order chi connectivity index (χ0) is 14.9. The van der Waals surface area contributed by atoms with Gasteiger partial charge >= 0.3 is 5.69 Å². The van der Waals surface area contributed by atoms with Crippen LogP contribution < -0.4 is 11.0 Å². The molecule has 2 aromatic rings. The van der Waals surface area contributed by atoms with Gasteiger partial charge in [0.1, 0.15) is 6.54 Å². The summed E-state index contributed by atoms with van der Waals surface area (Å²) >= 11 is 6.02. The number of hydrogen-bond acceptors (Lipinski definition) is 4. The van der Waals surface area contributed by atoms with E-state index in [-0.39, 0.29) is 12.5 Å². The van der Waals surface area contributed by atoms with Crippen LogP contribution >= 0.6 is 11.6 Å². The van der Waals surface area contributed by atoms with Gasteiger partial charge in [0.2, 0.25) is 5.91 Å². The van der Waals surface area contributed by atoms with Crippen LogP contribution in [-0.2, 0) is 11.3 Å². The molecule has 0 aliphatic carbocycles. The number of amides is 1. The molecule has 0 saturated heterocycles. The number of aryl methyl sites for hydroxylation is 1. The van der Waals surface area contributed by atoms with Gasteiger partial charge in [-0.2, -0.15) is 10.2 Å². The summed E-state index contributed by atoms with van der Waals surface area (Å²) in [6.07, 6.45) is 0. The summed E-state index contributed by atoms with van der Waals surface area (Å²) in [4.78, 5) is 25.4. The largest absolute Gasteiger partial charge is 0.345 e. The number of carbonyl (C=O) groups is 1. The number of halogens is 1. The Hall–Kier alpha value is -2.09. The molecule has 2 rings (SSSR count). The molecule has 0 saturated carbocycles. The summed E-state index contributed by atoms with van der Waals surface area (Å²) in [5.74, 6) is 0.123. The number of nitrogens with zero attached hydrogens (tertiary/aromatic N) is 3. The monoisotopic (exact) mass is 298 g/mol. The van der Waals surface area contributed by atoms with Gasteiger partial charge < -0.3 is 5.32 Å². The highest BCUT2D eigenvalue weighted by Gasteiger charge is 2.16. The molecule has 108 valence electrons. The third-order valence-corrected chi connectivity index (χ3v) is 3.44. The summed E-state index contributed by atoms with van der Waals surface area (Å²) in [6.45, 7) is 5.35. The summed E-state index contributed by atoms with van der Waals surface area (Å²) in [5, 5.41) is 13.5. The first-order valence-electron chi connectivity index (χ1n) is 6.02. The van der Waals surface area contributed by atoms with Gasteiger partial charge in [-0.25, -0.2) is 9.89 Å². The number of nitrogens with one attached hydrogen (secondary N) is 3. The van der Waals surface area contributed by atoms with Gasteiger partial charge in [-0.1, -0.05) is 11.6 Å². The molecule has 0 radical (unpaired) electrons. The van der Waals surface area contributed by atoms with Crippen LogP contribution in [0.5, 0.6) is 0 Å². The van der Waals surface area contributed by atoms with Crippen LogP contribution in [0.4, 0.5) is 0 Å². The molecule has 2 aromatic heterocycles. The fourth-order valence-electron chi connectivity index (χ4n) is 1.81. The van der Waals surface area contributed by atoms with E-state index < -0.39 is 11.7 Å². The fourth-order valence-corrected chi connectivity index (χ4v) is 1.94. The van der Waals surface area contributed by atoms with Crippen molar-refractivity contribution >= 4 is 17.5 Å². The lowest BCUT2D eigenvalue weighted by atomic mass is 10.3. The predicted octanol–water partition coefficient (Wildman–Crippen LogP) is 0.442. The summed E-state index contributed by atoms with van der Waals surface area (Å²) in [5.41, 5.74) is 1.01. The van der Waals surface area contributed by atoms with Gasteiger partial charge in [0, 0.05) is 0 Å². The lowest BCUT2D eigenvalue weighted by Gasteiger charge is -2.11. The fraction of sp³-hybridized carbons (Fsp3) is 0.455. The first-order valence-corrected chi connectivity index (χ1v) is 6.39. The minimum Gasteiger partial charge on any atom is -0.345 e. The van der Waals surface area contributed by atoms with Gasteiger partial charge in [0.15, 0.2) is 5.82 Å². The van der Waals surface area contributed by atoms with Gasteiger partial charge in [0.25, 0.3) is 0 Å². The van der Waals surface area contributed by atoms with Gasteiger partial charge in [0.05, 0.1) is 22.5 Å². The Balaban J connectivity index is 2.02. The van der Waals surface area contributed by atoms with Crippen LogP contribution in [0.2, 0.25) is 5.02 Å². The molecular formula is C11H15ClN6O2. The van der Waals surface area contributed by atoms with E-state index in [1.165, 1.54) is 4.68 Å². The molecule has 0 bridgehead atoms. The Kier molecular flexibility index (Phi) is 3.93. The summed E-state index contributed by atoms with van der Waals surface area (Å²) in [6, 6.07) is -0.408. The highest BCUT2D eigenvalue weighted by Crippen LogP contribution is 2.18. The average Bonchev–Trinajstić information content (AvgIpc) is 2.90. The zero-order valence-corrected chi connectivity index (χ0v) is 12.1. The summed E-state index contributed by atoms with van der Waals surface area (Å²) < 4.78 is 1.53. The van der Waals surface area contributed by atoms with E-state index in [1.54, 1.807) is 20.8 Å². The number of aromatic amines is 2. The second kappa shape index (κ2) is 5.49.